The maximum absolute atomic E-state index is 10.9. The van der Waals surface area contributed by atoms with E-state index < -0.39 is 0 Å². The molecule has 0 aromatic carbocycles. The Labute approximate surface area is 95.0 Å². The molecule has 1 rings (SSSR count). The minimum Gasteiger partial charge on any atom is -0.468 e. The summed E-state index contributed by atoms with van der Waals surface area (Å²) in [6, 6.07) is 0. The molecule has 0 radical (unpaired) electrons. The molecule has 0 saturated carbocycles. The molecule has 6 nitrogen and oxygen atoms in total. The van der Waals surface area contributed by atoms with E-state index in [1.54, 1.807) is 0 Å². The zero-order valence-electron chi connectivity index (χ0n) is 9.93. The lowest BCUT2D eigenvalue weighted by atomic mass is 10.2. The molecule has 1 N–H and O–H groups in total. The summed E-state index contributed by atoms with van der Waals surface area (Å²) in [6.07, 6.45) is 1.53. The van der Waals surface area contributed by atoms with Gasteiger partial charge in [-0.3, -0.25) is 10.1 Å². The highest BCUT2D eigenvalue weighted by atomic mass is 16.5. The average Bonchev–Trinajstić information content (AvgIpc) is 2.64. The minimum absolute atomic E-state index is 0.186. The monoisotopic (exact) mass is 226 g/mol. The van der Waals surface area contributed by atoms with Gasteiger partial charge in [-0.15, -0.1) is 0 Å². The summed E-state index contributed by atoms with van der Waals surface area (Å²) in [5, 5.41) is 7.08. The SMILES string of the molecule is COC(=O)CNCc1ncnn1CC(C)C. The number of hydrogen-bond donors (Lipinski definition) is 1. The van der Waals surface area contributed by atoms with E-state index in [1.165, 1.54) is 13.4 Å². The van der Waals surface area contributed by atoms with Crippen molar-refractivity contribution in [2.75, 3.05) is 13.7 Å². The van der Waals surface area contributed by atoms with Crippen molar-refractivity contribution in [2.45, 2.75) is 26.9 Å². The molecule has 0 atom stereocenters. The lowest BCUT2D eigenvalue weighted by Gasteiger charge is -2.08. The summed E-state index contributed by atoms with van der Waals surface area (Å²) in [7, 11) is 1.37. The third-order valence-electron chi connectivity index (χ3n) is 2.01. The third kappa shape index (κ3) is 3.98. The van der Waals surface area contributed by atoms with E-state index in [0.29, 0.717) is 12.5 Å². The maximum Gasteiger partial charge on any atom is 0.319 e. The zero-order valence-corrected chi connectivity index (χ0v) is 9.93. The smallest absolute Gasteiger partial charge is 0.319 e. The van der Waals surface area contributed by atoms with Gasteiger partial charge in [0, 0.05) is 6.54 Å². The molecule has 1 aromatic heterocycles. The first-order chi connectivity index (χ1) is 7.63. The molecule has 1 aromatic rings. The van der Waals surface area contributed by atoms with Crippen LogP contribution in [0.25, 0.3) is 0 Å². The van der Waals surface area contributed by atoms with E-state index >= 15 is 0 Å². The lowest BCUT2D eigenvalue weighted by Crippen LogP contribution is -2.25. The van der Waals surface area contributed by atoms with Crippen LogP contribution in [0.4, 0.5) is 0 Å². The molecule has 0 aliphatic heterocycles. The molecule has 0 unspecified atom stereocenters. The van der Waals surface area contributed by atoms with Gasteiger partial charge < -0.3 is 4.74 Å². The molecular weight excluding hydrogens is 208 g/mol. The Hall–Kier alpha value is -1.43. The van der Waals surface area contributed by atoms with Gasteiger partial charge in [-0.2, -0.15) is 5.10 Å². The highest BCUT2D eigenvalue weighted by Crippen LogP contribution is 2.00. The molecule has 90 valence electrons. The molecule has 0 spiro atoms. The van der Waals surface area contributed by atoms with Gasteiger partial charge in [0.05, 0.1) is 20.2 Å². The molecule has 0 fully saturated rings. The van der Waals surface area contributed by atoms with Crippen LogP contribution in [-0.2, 0) is 22.6 Å². The number of rotatable bonds is 6. The van der Waals surface area contributed by atoms with E-state index in [9.17, 15) is 4.79 Å². The lowest BCUT2D eigenvalue weighted by molar-refractivity contribution is -0.139. The van der Waals surface area contributed by atoms with Crippen molar-refractivity contribution in [1.82, 2.24) is 20.1 Å². The summed E-state index contributed by atoms with van der Waals surface area (Å²) in [5.41, 5.74) is 0. The predicted molar refractivity (Wildman–Crippen MR) is 58.6 cm³/mol. The summed E-state index contributed by atoms with van der Waals surface area (Å²) in [5.74, 6) is 1.06. The molecule has 0 amide bonds. The second kappa shape index (κ2) is 6.22. The van der Waals surface area contributed by atoms with Crippen LogP contribution >= 0.6 is 0 Å². The van der Waals surface area contributed by atoms with E-state index in [0.717, 1.165) is 12.4 Å². The van der Waals surface area contributed by atoms with E-state index in [2.05, 4.69) is 34.0 Å². The first-order valence-electron chi connectivity index (χ1n) is 5.27. The minimum atomic E-state index is -0.282. The van der Waals surface area contributed by atoms with E-state index in [1.807, 2.05) is 4.68 Å². The fourth-order valence-corrected chi connectivity index (χ4v) is 1.27. The van der Waals surface area contributed by atoms with Crippen LogP contribution in [0.1, 0.15) is 19.7 Å². The van der Waals surface area contributed by atoms with Gasteiger partial charge in [0.1, 0.15) is 12.2 Å². The second-order valence-corrected chi connectivity index (χ2v) is 3.93. The number of carbonyl (C=O) groups is 1. The molecule has 0 aliphatic carbocycles. The van der Waals surface area contributed by atoms with Crippen molar-refractivity contribution in [1.29, 1.82) is 0 Å². The van der Waals surface area contributed by atoms with Crippen LogP contribution in [0.5, 0.6) is 0 Å². The van der Waals surface area contributed by atoms with Gasteiger partial charge in [-0.05, 0) is 5.92 Å². The quantitative estimate of drug-likeness (QED) is 0.702. The Balaban J connectivity index is 2.41. The summed E-state index contributed by atoms with van der Waals surface area (Å²) < 4.78 is 6.36. The van der Waals surface area contributed by atoms with Crippen molar-refractivity contribution in [3.63, 3.8) is 0 Å². The Morgan fingerprint density at radius 2 is 2.38 bits per heavy atom. The number of methoxy groups -OCH3 is 1. The van der Waals surface area contributed by atoms with Crippen LogP contribution in [0.3, 0.4) is 0 Å². The van der Waals surface area contributed by atoms with Crippen LogP contribution in [-0.4, -0.2) is 34.4 Å². The topological polar surface area (TPSA) is 69.0 Å². The molecule has 0 aliphatic rings. The number of hydrogen-bond acceptors (Lipinski definition) is 5. The van der Waals surface area contributed by atoms with Crippen molar-refractivity contribution in [3.05, 3.63) is 12.2 Å². The zero-order chi connectivity index (χ0) is 12.0. The van der Waals surface area contributed by atoms with Crippen molar-refractivity contribution in [2.24, 2.45) is 5.92 Å². The highest BCUT2D eigenvalue weighted by molar-refractivity contribution is 5.71. The summed E-state index contributed by atoms with van der Waals surface area (Å²) in [4.78, 5) is 15.0. The van der Waals surface area contributed by atoms with Gasteiger partial charge in [0.25, 0.3) is 0 Å². The van der Waals surface area contributed by atoms with Gasteiger partial charge in [0.2, 0.25) is 0 Å². The summed E-state index contributed by atoms with van der Waals surface area (Å²) >= 11 is 0. The van der Waals surface area contributed by atoms with Gasteiger partial charge in [0.15, 0.2) is 0 Å². The molecule has 0 saturated heterocycles. The fraction of sp³-hybridized carbons (Fsp3) is 0.700. The normalized spacial score (nSPS) is 10.8. The van der Waals surface area contributed by atoms with Gasteiger partial charge >= 0.3 is 5.97 Å². The molecule has 16 heavy (non-hydrogen) atoms. The van der Waals surface area contributed by atoms with Crippen LogP contribution in [0.2, 0.25) is 0 Å². The maximum atomic E-state index is 10.9. The van der Waals surface area contributed by atoms with Gasteiger partial charge in [-0.25, -0.2) is 9.67 Å². The molecule has 6 heteroatoms. The Bertz CT molecular complexity index is 335. The van der Waals surface area contributed by atoms with Crippen LogP contribution in [0.15, 0.2) is 6.33 Å². The second-order valence-electron chi connectivity index (χ2n) is 3.93. The molecular formula is C10H18N4O2. The van der Waals surface area contributed by atoms with Crippen molar-refractivity contribution < 1.29 is 9.53 Å². The molecule has 0 bridgehead atoms. The predicted octanol–water partition coefficient (Wildman–Crippen LogP) is 0.197. The number of nitrogens with zero attached hydrogens (tertiary/aromatic N) is 3. The fourth-order valence-electron chi connectivity index (χ4n) is 1.27. The Kier molecular flexibility index (Phi) is 4.91. The van der Waals surface area contributed by atoms with E-state index in [-0.39, 0.29) is 12.5 Å². The Morgan fingerprint density at radius 3 is 3.00 bits per heavy atom. The first-order valence-corrected chi connectivity index (χ1v) is 5.27. The molecule has 1 heterocycles. The number of esters is 1. The van der Waals surface area contributed by atoms with Crippen molar-refractivity contribution in [3.8, 4) is 0 Å². The van der Waals surface area contributed by atoms with Crippen LogP contribution in [0, 0.1) is 5.92 Å². The van der Waals surface area contributed by atoms with Crippen LogP contribution < -0.4 is 5.32 Å². The third-order valence-corrected chi connectivity index (χ3v) is 2.01. The van der Waals surface area contributed by atoms with E-state index in [4.69, 9.17) is 0 Å². The largest absolute Gasteiger partial charge is 0.468 e. The number of carbonyl (C=O) groups excluding carboxylic acids is 1. The van der Waals surface area contributed by atoms with Gasteiger partial charge in [-0.1, -0.05) is 13.8 Å². The average molecular weight is 226 g/mol. The Morgan fingerprint density at radius 1 is 1.62 bits per heavy atom. The first kappa shape index (κ1) is 12.6. The highest BCUT2D eigenvalue weighted by Gasteiger charge is 2.06. The number of ether oxygens (including phenoxy) is 1. The number of aromatic nitrogens is 3. The number of nitrogens with one attached hydrogen (secondary N) is 1. The standard InChI is InChI=1S/C10H18N4O2/c1-8(2)6-14-9(12-7-13-14)4-11-5-10(15)16-3/h7-8,11H,4-6H2,1-3H3. The summed E-state index contributed by atoms with van der Waals surface area (Å²) in [6.45, 7) is 5.77. The van der Waals surface area contributed by atoms with Crippen molar-refractivity contribution >= 4 is 5.97 Å².